The van der Waals surface area contributed by atoms with E-state index in [9.17, 15) is 0 Å². The topological polar surface area (TPSA) is 0 Å². The van der Waals surface area contributed by atoms with Crippen LogP contribution in [0.25, 0.3) is 11.1 Å². The van der Waals surface area contributed by atoms with Gasteiger partial charge >= 0.3 is 124 Å². The van der Waals surface area contributed by atoms with Gasteiger partial charge < -0.3 is 0 Å². The van der Waals surface area contributed by atoms with Gasteiger partial charge in [-0.25, -0.2) is 0 Å². The second kappa shape index (κ2) is 8.04. The van der Waals surface area contributed by atoms with Gasteiger partial charge in [0.25, 0.3) is 0 Å². The molecule has 1 aromatic carbocycles. The maximum absolute atomic E-state index is 2.33. The molecule has 0 aliphatic rings. The summed E-state index contributed by atoms with van der Waals surface area (Å²) < 4.78 is 0. The first kappa shape index (κ1) is 15.0. The van der Waals surface area contributed by atoms with Crippen molar-refractivity contribution in [3.05, 3.63) is 53.4 Å². The Morgan fingerprint density at radius 2 is 1.55 bits per heavy atom. The van der Waals surface area contributed by atoms with Gasteiger partial charge in [-0.2, -0.15) is 0 Å². The first-order chi connectivity index (χ1) is 9.86. The number of benzene rings is 1. The van der Waals surface area contributed by atoms with Gasteiger partial charge in [0.2, 0.25) is 0 Å². The molecule has 1 heterocycles. The number of hydrogen-bond acceptors (Lipinski definition) is 0. The molecule has 0 amide bonds. The normalized spacial score (nSPS) is 10.5. The van der Waals surface area contributed by atoms with Crippen LogP contribution in [0.2, 0.25) is 0 Å². The Hall–Kier alpha value is -1.37. The number of rotatable bonds is 7. The molecule has 0 unspecified atom stereocenters. The van der Waals surface area contributed by atoms with Crippen LogP contribution in [-0.2, 0) is 12.8 Å². The average Bonchev–Trinajstić information content (AvgIpc) is 2.52. The van der Waals surface area contributed by atoms with E-state index in [4.69, 9.17) is 0 Å². The molecule has 0 spiro atoms. The van der Waals surface area contributed by atoms with Crippen molar-refractivity contribution in [3.8, 4) is 11.1 Å². The quantitative estimate of drug-likeness (QED) is 0.630. The Morgan fingerprint density at radius 1 is 0.850 bits per heavy atom. The van der Waals surface area contributed by atoms with Crippen molar-refractivity contribution in [1.29, 1.82) is 0 Å². The molecule has 0 saturated carbocycles. The van der Waals surface area contributed by atoms with Crippen LogP contribution in [0.15, 0.2) is 42.4 Å². The number of aryl methyl sites for hydroxylation is 1. The minimum atomic E-state index is 1.21. The fourth-order valence-corrected chi connectivity index (χ4v) is 2.77. The Morgan fingerprint density at radius 3 is 2.25 bits per heavy atom. The van der Waals surface area contributed by atoms with Gasteiger partial charge in [0.05, 0.1) is 0 Å². The maximum atomic E-state index is 2.33. The summed E-state index contributed by atoms with van der Waals surface area (Å²) in [6.45, 7) is 6.87. The third-order valence-corrected chi connectivity index (χ3v) is 3.94. The van der Waals surface area contributed by atoms with Gasteiger partial charge in [0.1, 0.15) is 0 Å². The van der Waals surface area contributed by atoms with E-state index in [1.165, 1.54) is 49.7 Å². The summed E-state index contributed by atoms with van der Waals surface area (Å²) in [5.41, 5.74) is 5.93. The molecule has 0 radical (unpaired) electrons. The van der Waals surface area contributed by atoms with E-state index in [1.807, 2.05) is 0 Å². The summed E-state index contributed by atoms with van der Waals surface area (Å²) in [4.78, 5) is 0. The summed E-state index contributed by atoms with van der Waals surface area (Å²) in [7, 11) is 0. The van der Waals surface area contributed by atoms with Crippen molar-refractivity contribution in [2.24, 2.45) is 0 Å². The van der Waals surface area contributed by atoms with E-state index >= 15 is 0 Å². The van der Waals surface area contributed by atoms with Crippen LogP contribution in [0.1, 0.15) is 50.6 Å². The van der Waals surface area contributed by atoms with Crippen LogP contribution in [0, 0.1) is 0 Å². The molecular formula is C19H25B. The van der Waals surface area contributed by atoms with Gasteiger partial charge in [-0.05, 0) is 0 Å². The third kappa shape index (κ3) is 3.82. The van der Waals surface area contributed by atoms with Gasteiger partial charge in [0.15, 0.2) is 0 Å². The van der Waals surface area contributed by atoms with E-state index in [1.54, 1.807) is 11.0 Å². The van der Waals surface area contributed by atoms with Crippen LogP contribution in [0.4, 0.5) is 0 Å². The predicted octanol–water partition coefficient (Wildman–Crippen LogP) is 5.38. The minimum absolute atomic E-state index is 1.21. The van der Waals surface area contributed by atoms with Crippen LogP contribution >= 0.6 is 0 Å². The van der Waals surface area contributed by atoms with Crippen molar-refractivity contribution < 1.29 is 0 Å². The Balaban J connectivity index is 2.39. The van der Waals surface area contributed by atoms with Gasteiger partial charge in [-0.3, -0.25) is 0 Å². The zero-order valence-electron chi connectivity index (χ0n) is 12.9. The molecule has 0 fully saturated rings. The monoisotopic (exact) mass is 264 g/mol. The van der Waals surface area contributed by atoms with Crippen molar-refractivity contribution in [2.45, 2.75) is 52.4 Å². The fraction of sp³-hybridized carbons (Fsp3) is 0.421. The van der Waals surface area contributed by atoms with E-state index in [2.05, 4.69) is 63.1 Å². The van der Waals surface area contributed by atoms with E-state index in [-0.39, 0.29) is 0 Å². The summed E-state index contributed by atoms with van der Waals surface area (Å²) in [5, 5.41) is 0. The summed E-state index contributed by atoms with van der Waals surface area (Å²) in [6, 6.07) is 13.1. The molecule has 0 nitrogen and oxygen atoms in total. The molecule has 0 saturated heterocycles. The molecule has 20 heavy (non-hydrogen) atoms. The predicted molar refractivity (Wildman–Crippen MR) is 90.4 cm³/mol. The van der Waals surface area contributed by atoms with Crippen LogP contribution < -0.4 is 0 Å². The summed E-state index contributed by atoms with van der Waals surface area (Å²) in [6.07, 6.45) is 7.52. The fourth-order valence-electron chi connectivity index (χ4n) is 2.77. The zero-order valence-corrected chi connectivity index (χ0v) is 12.9. The van der Waals surface area contributed by atoms with E-state index < -0.39 is 0 Å². The molecule has 1 heteroatoms. The van der Waals surface area contributed by atoms with Crippen LogP contribution in [0.5, 0.6) is 0 Å². The van der Waals surface area contributed by atoms with Gasteiger partial charge in [-0.1, -0.05) is 0 Å². The Labute approximate surface area is 124 Å². The van der Waals surface area contributed by atoms with Gasteiger partial charge in [-0.15, -0.1) is 0 Å². The van der Waals surface area contributed by atoms with Crippen LogP contribution in [0.3, 0.4) is 0 Å². The molecule has 0 bridgehead atoms. The SMILES string of the molecule is CCCCc1bccc(-c2ccccc2)c1CCCC. The summed E-state index contributed by atoms with van der Waals surface area (Å²) >= 11 is 0. The van der Waals surface area contributed by atoms with Crippen molar-refractivity contribution >= 4 is 6.91 Å². The average molecular weight is 264 g/mol. The van der Waals surface area contributed by atoms with Crippen molar-refractivity contribution in [3.63, 3.8) is 0 Å². The first-order valence-electron chi connectivity index (χ1n) is 8.03. The molecular weight excluding hydrogens is 239 g/mol. The molecule has 104 valence electrons. The number of hydrogen-bond donors (Lipinski definition) is 0. The standard InChI is InChI=1S/C19H25B/c1-3-5-12-18-17(16-10-8-7-9-11-16)14-15-20-19(18)13-6-4-2/h7-11,14-15H,3-6,12-13H2,1-2H3. The summed E-state index contributed by atoms with van der Waals surface area (Å²) in [5.74, 6) is 2.22. The molecule has 1 aromatic heterocycles. The van der Waals surface area contributed by atoms with Crippen molar-refractivity contribution in [1.82, 2.24) is 0 Å². The van der Waals surface area contributed by atoms with Crippen molar-refractivity contribution in [2.75, 3.05) is 0 Å². The molecule has 0 aliphatic carbocycles. The second-order valence-corrected chi connectivity index (χ2v) is 5.52. The van der Waals surface area contributed by atoms with E-state index in [0.29, 0.717) is 0 Å². The number of unbranched alkanes of at least 4 members (excludes halogenated alkanes) is 2. The Bertz CT molecular complexity index is 517. The Kier molecular flexibility index (Phi) is 6.04. The molecule has 0 aliphatic heterocycles. The molecule has 2 rings (SSSR count). The molecule has 0 N–H and O–H groups in total. The molecule has 0 atom stereocenters. The van der Waals surface area contributed by atoms with Crippen LogP contribution in [-0.4, -0.2) is 6.91 Å². The molecule has 2 aromatic rings. The third-order valence-electron chi connectivity index (χ3n) is 3.94. The van der Waals surface area contributed by atoms with Gasteiger partial charge in [0, 0.05) is 0 Å². The zero-order chi connectivity index (χ0) is 14.2. The second-order valence-electron chi connectivity index (χ2n) is 5.52. The first-order valence-corrected chi connectivity index (χ1v) is 8.03. The van der Waals surface area contributed by atoms with E-state index in [0.717, 1.165) is 0 Å².